The topological polar surface area (TPSA) is 54.1 Å². The molecule has 1 aliphatic carbocycles. The number of carbonyl (C=O) groups is 1. The van der Waals surface area contributed by atoms with Gasteiger partial charge >= 0.3 is 0 Å². The summed E-state index contributed by atoms with van der Waals surface area (Å²) >= 11 is 0. The number of aromatic amines is 1. The summed E-state index contributed by atoms with van der Waals surface area (Å²) in [7, 11) is 0. The normalized spacial score (nSPS) is 16.1. The molecule has 4 nitrogen and oxygen atoms in total. The minimum absolute atomic E-state index is 0.0829. The van der Waals surface area contributed by atoms with Gasteiger partial charge < -0.3 is 15.0 Å². The number of ether oxygens (including phenoxy) is 1. The maximum Gasteiger partial charge on any atom is 0.224 e. The maximum atomic E-state index is 12.5. The lowest BCUT2D eigenvalue weighted by molar-refractivity contribution is -0.121. The molecule has 1 heterocycles. The molecule has 1 amide bonds. The van der Waals surface area contributed by atoms with E-state index >= 15 is 0 Å². The number of aromatic nitrogens is 1. The van der Waals surface area contributed by atoms with Crippen LogP contribution in [0.4, 0.5) is 0 Å². The number of amides is 1. The van der Waals surface area contributed by atoms with Crippen molar-refractivity contribution in [3.8, 4) is 5.75 Å². The van der Waals surface area contributed by atoms with Crippen LogP contribution in [0.2, 0.25) is 0 Å². The molecule has 0 bridgehead atoms. The summed E-state index contributed by atoms with van der Waals surface area (Å²) in [5, 5.41) is 4.55. The third kappa shape index (κ3) is 3.85. The van der Waals surface area contributed by atoms with E-state index in [1.807, 2.05) is 31.2 Å². The molecule has 0 spiro atoms. The van der Waals surface area contributed by atoms with Crippen LogP contribution in [0.25, 0.3) is 10.9 Å². The highest BCUT2D eigenvalue weighted by atomic mass is 16.5. The van der Waals surface area contributed by atoms with Crippen LogP contribution < -0.4 is 10.1 Å². The standard InChI is InChI=1S/C23H26N2O2/c1-3-27-18-8-5-16(6-9-18)13-23(26)24-17-7-10-19-20-12-15(2)4-11-21(20)25-22(19)14-17/h4-6,8-9,11-12,17,25H,3,7,10,13-14H2,1-2H3,(H,24,26). The number of carbonyl (C=O) groups excluding carboxylic acids is 1. The third-order valence-corrected chi connectivity index (χ3v) is 5.31. The van der Waals surface area contributed by atoms with Crippen LogP contribution in [0.15, 0.2) is 42.5 Å². The van der Waals surface area contributed by atoms with Gasteiger partial charge in [-0.05, 0) is 62.1 Å². The highest BCUT2D eigenvalue weighted by Crippen LogP contribution is 2.29. The smallest absolute Gasteiger partial charge is 0.224 e. The first kappa shape index (κ1) is 17.7. The molecular formula is C23H26N2O2. The molecule has 140 valence electrons. The summed E-state index contributed by atoms with van der Waals surface area (Å²) in [5.41, 5.74) is 6.19. The van der Waals surface area contributed by atoms with Crippen molar-refractivity contribution in [2.24, 2.45) is 0 Å². The number of hydrogen-bond donors (Lipinski definition) is 2. The van der Waals surface area contributed by atoms with Gasteiger partial charge in [0.05, 0.1) is 13.0 Å². The second-order valence-corrected chi connectivity index (χ2v) is 7.39. The molecule has 1 aliphatic rings. The molecule has 0 saturated carbocycles. The molecule has 1 unspecified atom stereocenters. The molecule has 4 rings (SSSR count). The Kier molecular flexibility index (Phi) is 4.88. The van der Waals surface area contributed by atoms with Gasteiger partial charge in [-0.25, -0.2) is 0 Å². The predicted molar refractivity (Wildman–Crippen MR) is 108 cm³/mol. The number of H-pyrrole nitrogens is 1. The average molecular weight is 362 g/mol. The zero-order valence-corrected chi connectivity index (χ0v) is 16.0. The Hall–Kier alpha value is -2.75. The summed E-state index contributed by atoms with van der Waals surface area (Å²) < 4.78 is 5.45. The number of hydrogen-bond acceptors (Lipinski definition) is 2. The summed E-state index contributed by atoms with van der Waals surface area (Å²) in [6.07, 6.45) is 3.27. The Morgan fingerprint density at radius 3 is 2.81 bits per heavy atom. The lowest BCUT2D eigenvalue weighted by Crippen LogP contribution is -2.39. The predicted octanol–water partition coefficient (Wildman–Crippen LogP) is 4.09. The van der Waals surface area contributed by atoms with E-state index in [2.05, 4.69) is 35.4 Å². The molecule has 2 aromatic carbocycles. The zero-order valence-electron chi connectivity index (χ0n) is 16.0. The zero-order chi connectivity index (χ0) is 18.8. The van der Waals surface area contributed by atoms with E-state index in [1.54, 1.807) is 0 Å². The van der Waals surface area contributed by atoms with Gasteiger partial charge in [-0.15, -0.1) is 0 Å². The second kappa shape index (κ2) is 7.47. The molecule has 0 aliphatic heterocycles. The fourth-order valence-electron chi connectivity index (χ4n) is 4.00. The van der Waals surface area contributed by atoms with E-state index in [1.165, 1.54) is 27.7 Å². The molecule has 2 N–H and O–H groups in total. The van der Waals surface area contributed by atoms with E-state index in [9.17, 15) is 4.79 Å². The third-order valence-electron chi connectivity index (χ3n) is 5.31. The van der Waals surface area contributed by atoms with Gasteiger partial charge in [-0.3, -0.25) is 4.79 Å². The van der Waals surface area contributed by atoms with Crippen molar-refractivity contribution < 1.29 is 9.53 Å². The van der Waals surface area contributed by atoms with Crippen LogP contribution in [0.1, 0.15) is 35.7 Å². The number of benzene rings is 2. The van der Waals surface area contributed by atoms with Crippen LogP contribution in [-0.2, 0) is 24.1 Å². The van der Waals surface area contributed by atoms with Crippen molar-refractivity contribution in [2.75, 3.05) is 6.61 Å². The van der Waals surface area contributed by atoms with Crippen LogP contribution in [-0.4, -0.2) is 23.5 Å². The Bertz CT molecular complexity index is 956. The summed E-state index contributed by atoms with van der Waals surface area (Å²) in [6, 6.07) is 14.5. The highest BCUT2D eigenvalue weighted by Gasteiger charge is 2.23. The van der Waals surface area contributed by atoms with E-state index in [4.69, 9.17) is 4.74 Å². The molecule has 3 aromatic rings. The fraction of sp³-hybridized carbons (Fsp3) is 0.348. The average Bonchev–Trinajstić information content (AvgIpc) is 3.00. The lowest BCUT2D eigenvalue weighted by Gasteiger charge is -2.23. The Balaban J connectivity index is 1.39. The van der Waals surface area contributed by atoms with Gasteiger partial charge in [0, 0.05) is 29.1 Å². The Morgan fingerprint density at radius 1 is 1.22 bits per heavy atom. The van der Waals surface area contributed by atoms with Crippen LogP contribution in [0.5, 0.6) is 5.75 Å². The molecule has 0 fully saturated rings. The van der Waals surface area contributed by atoms with E-state index in [0.717, 1.165) is 30.6 Å². The first-order valence-corrected chi connectivity index (χ1v) is 9.73. The molecule has 0 saturated heterocycles. The van der Waals surface area contributed by atoms with Gasteiger partial charge in [0.15, 0.2) is 0 Å². The van der Waals surface area contributed by atoms with E-state index in [-0.39, 0.29) is 11.9 Å². The van der Waals surface area contributed by atoms with Crippen molar-refractivity contribution in [1.29, 1.82) is 0 Å². The molecule has 1 atom stereocenters. The molecule has 27 heavy (non-hydrogen) atoms. The monoisotopic (exact) mass is 362 g/mol. The van der Waals surface area contributed by atoms with Crippen LogP contribution in [0, 0.1) is 6.92 Å². The van der Waals surface area contributed by atoms with Crippen molar-refractivity contribution >= 4 is 16.8 Å². The first-order chi connectivity index (χ1) is 13.1. The van der Waals surface area contributed by atoms with Gasteiger partial charge in [-0.1, -0.05) is 23.8 Å². The van der Waals surface area contributed by atoms with Crippen molar-refractivity contribution in [3.63, 3.8) is 0 Å². The Morgan fingerprint density at radius 2 is 2.04 bits per heavy atom. The van der Waals surface area contributed by atoms with Crippen LogP contribution in [0.3, 0.4) is 0 Å². The molecular weight excluding hydrogens is 336 g/mol. The minimum atomic E-state index is 0.0829. The van der Waals surface area contributed by atoms with Gasteiger partial charge in [-0.2, -0.15) is 0 Å². The first-order valence-electron chi connectivity index (χ1n) is 9.73. The largest absolute Gasteiger partial charge is 0.494 e. The molecule has 0 radical (unpaired) electrons. The number of aryl methyl sites for hydroxylation is 2. The second-order valence-electron chi connectivity index (χ2n) is 7.39. The SMILES string of the molecule is CCOc1ccc(CC(=O)NC2CCc3c([nH]c4ccc(C)cc34)C2)cc1. The quantitative estimate of drug-likeness (QED) is 0.718. The minimum Gasteiger partial charge on any atom is -0.494 e. The number of rotatable bonds is 5. The van der Waals surface area contributed by atoms with Crippen molar-refractivity contribution in [3.05, 3.63) is 64.8 Å². The molecule has 1 aromatic heterocycles. The van der Waals surface area contributed by atoms with Gasteiger partial charge in [0.2, 0.25) is 5.91 Å². The van der Waals surface area contributed by atoms with Gasteiger partial charge in [0.1, 0.15) is 5.75 Å². The fourth-order valence-corrected chi connectivity index (χ4v) is 4.00. The van der Waals surface area contributed by atoms with E-state index < -0.39 is 0 Å². The van der Waals surface area contributed by atoms with Crippen LogP contribution >= 0.6 is 0 Å². The Labute approximate surface area is 159 Å². The van der Waals surface area contributed by atoms with E-state index in [0.29, 0.717) is 13.0 Å². The number of nitrogens with one attached hydrogen (secondary N) is 2. The van der Waals surface area contributed by atoms with Gasteiger partial charge in [0.25, 0.3) is 0 Å². The summed E-state index contributed by atoms with van der Waals surface area (Å²) in [4.78, 5) is 16.0. The maximum absolute atomic E-state index is 12.5. The summed E-state index contributed by atoms with van der Waals surface area (Å²) in [6.45, 7) is 4.74. The molecule has 4 heteroatoms. The highest BCUT2D eigenvalue weighted by molar-refractivity contribution is 5.86. The lowest BCUT2D eigenvalue weighted by atomic mass is 9.91. The summed E-state index contributed by atoms with van der Waals surface area (Å²) in [5.74, 6) is 0.926. The number of fused-ring (bicyclic) bond motifs is 3. The van der Waals surface area contributed by atoms with Crippen molar-refractivity contribution in [2.45, 2.75) is 45.6 Å². The van der Waals surface area contributed by atoms with Crippen molar-refractivity contribution in [1.82, 2.24) is 10.3 Å².